The first-order valence-electron chi connectivity index (χ1n) is 8.55. The molecule has 0 aliphatic carbocycles. The van der Waals surface area contributed by atoms with E-state index in [-0.39, 0.29) is 27.1 Å². The third-order valence-corrected chi connectivity index (χ3v) is 5.66. The van der Waals surface area contributed by atoms with Gasteiger partial charge in [0, 0.05) is 17.8 Å². The summed E-state index contributed by atoms with van der Waals surface area (Å²) in [6, 6.07) is 4.11. The summed E-state index contributed by atoms with van der Waals surface area (Å²) in [6.45, 7) is 1.83. The highest BCUT2D eigenvalue weighted by Crippen LogP contribution is 2.44. The molecule has 0 aliphatic rings. The number of aliphatic hydroxyl groups is 1. The van der Waals surface area contributed by atoms with Crippen molar-refractivity contribution in [2.24, 2.45) is 0 Å². The van der Waals surface area contributed by atoms with Crippen LogP contribution in [0.15, 0.2) is 40.8 Å². The summed E-state index contributed by atoms with van der Waals surface area (Å²) in [5.74, 6) is -1.09. The van der Waals surface area contributed by atoms with Gasteiger partial charge in [-0.3, -0.25) is 4.79 Å². The van der Waals surface area contributed by atoms with E-state index < -0.39 is 36.0 Å². The summed E-state index contributed by atoms with van der Waals surface area (Å²) < 4.78 is 56.7. The second kappa shape index (κ2) is 7.10. The van der Waals surface area contributed by atoms with Crippen LogP contribution in [0.5, 0.6) is 5.75 Å². The van der Waals surface area contributed by atoms with Crippen molar-refractivity contribution in [3.05, 3.63) is 57.6 Å². The van der Waals surface area contributed by atoms with E-state index in [0.717, 1.165) is 46.4 Å². The van der Waals surface area contributed by atoms with Gasteiger partial charge in [-0.15, -0.1) is 11.3 Å². The van der Waals surface area contributed by atoms with E-state index in [9.17, 15) is 32.6 Å². The minimum absolute atomic E-state index is 0.0385. The maximum Gasteiger partial charge on any atom is 0.418 e. The van der Waals surface area contributed by atoms with Crippen molar-refractivity contribution in [2.75, 3.05) is 0 Å². The van der Waals surface area contributed by atoms with Gasteiger partial charge in [-0.2, -0.15) is 13.2 Å². The second-order valence-electron chi connectivity index (χ2n) is 7.56. The predicted molar refractivity (Wildman–Crippen MR) is 101 cm³/mol. The van der Waals surface area contributed by atoms with Gasteiger partial charge in [-0.1, -0.05) is 13.8 Å². The average Bonchev–Trinajstić information content (AvgIpc) is 3.09. The van der Waals surface area contributed by atoms with Crippen molar-refractivity contribution in [2.45, 2.75) is 44.0 Å². The molecule has 5 nitrogen and oxygen atoms in total. The Morgan fingerprint density at radius 3 is 2.55 bits per heavy atom. The third-order valence-electron chi connectivity index (χ3n) is 4.83. The Labute approximate surface area is 166 Å². The fourth-order valence-corrected chi connectivity index (χ4v) is 4.17. The molecule has 0 saturated heterocycles. The van der Waals surface area contributed by atoms with E-state index in [1.807, 2.05) is 0 Å². The first kappa shape index (κ1) is 21.3. The number of alkyl halides is 3. The van der Waals surface area contributed by atoms with E-state index in [2.05, 4.69) is 4.98 Å². The van der Waals surface area contributed by atoms with Crippen molar-refractivity contribution < 1.29 is 27.8 Å². The largest absolute Gasteiger partial charge is 0.508 e. The van der Waals surface area contributed by atoms with Crippen molar-refractivity contribution in [3.8, 4) is 5.75 Å². The van der Waals surface area contributed by atoms with Gasteiger partial charge >= 0.3 is 6.18 Å². The number of hydrogen-bond acceptors (Lipinski definition) is 5. The normalized spacial score (nSPS) is 14.9. The molecule has 2 heterocycles. The van der Waals surface area contributed by atoms with Crippen molar-refractivity contribution in [1.82, 2.24) is 9.55 Å². The Kier molecular flexibility index (Phi) is 5.20. The monoisotopic (exact) mass is 430 g/mol. The Hall–Kier alpha value is -2.46. The van der Waals surface area contributed by atoms with Crippen LogP contribution >= 0.6 is 11.3 Å². The zero-order valence-corrected chi connectivity index (χ0v) is 16.3. The molecule has 10 heteroatoms. The van der Waals surface area contributed by atoms with Crippen LogP contribution in [0.4, 0.5) is 17.6 Å². The van der Waals surface area contributed by atoms with Gasteiger partial charge in [-0.25, -0.2) is 9.37 Å². The molecule has 3 aromatic rings. The fraction of sp³-hybridized carbons (Fsp3) is 0.368. The number of pyridine rings is 1. The standard InChI is InChI=1S/C19H18F4N2O3S/c1-17(2,12-7-11(20)3-4-13(12)26)8-18(28,19(21,22)23)9-25-6-5-14(27)15-16(25)24-10-29-15/h3-7,10,26,28H,8-9H2,1-2H3. The molecule has 1 aromatic carbocycles. The SMILES string of the molecule is CC(C)(CC(O)(Cn1ccc(=O)c2scnc21)C(F)(F)F)c1cc(F)ccc1O. The van der Waals surface area contributed by atoms with Crippen LogP contribution in [-0.4, -0.2) is 31.5 Å². The first-order valence-corrected chi connectivity index (χ1v) is 9.43. The Bertz CT molecular complexity index is 1110. The molecule has 2 N–H and O–H groups in total. The zero-order valence-electron chi connectivity index (χ0n) is 15.5. The molecule has 156 valence electrons. The number of thiazole rings is 1. The second-order valence-corrected chi connectivity index (χ2v) is 8.42. The van der Waals surface area contributed by atoms with Gasteiger partial charge in [0.1, 0.15) is 16.3 Å². The van der Waals surface area contributed by atoms with Crippen molar-refractivity contribution in [3.63, 3.8) is 0 Å². The molecule has 2 aromatic heterocycles. The molecule has 0 spiro atoms. The molecule has 0 saturated carbocycles. The van der Waals surface area contributed by atoms with Crippen LogP contribution < -0.4 is 5.43 Å². The number of rotatable bonds is 5. The number of fused-ring (bicyclic) bond motifs is 1. The minimum atomic E-state index is -5.04. The van der Waals surface area contributed by atoms with Crippen molar-refractivity contribution in [1.29, 1.82) is 0 Å². The molecular formula is C19H18F4N2O3S. The van der Waals surface area contributed by atoms with Gasteiger partial charge in [-0.05, 0) is 30.0 Å². The molecule has 1 atom stereocenters. The summed E-state index contributed by atoms with van der Waals surface area (Å²) in [7, 11) is 0. The van der Waals surface area contributed by atoms with Crippen LogP contribution in [0.1, 0.15) is 25.8 Å². The number of phenols is 1. The number of aromatic nitrogens is 2. The summed E-state index contributed by atoms with van der Waals surface area (Å²) in [5.41, 5.74) is -3.73. The highest BCUT2D eigenvalue weighted by molar-refractivity contribution is 7.16. The average molecular weight is 430 g/mol. The van der Waals surface area contributed by atoms with Gasteiger partial charge in [0.15, 0.2) is 11.2 Å². The number of phenolic OH excluding ortho intramolecular Hbond substituents is 1. The van der Waals surface area contributed by atoms with Crippen LogP contribution in [0.25, 0.3) is 10.3 Å². The van der Waals surface area contributed by atoms with Gasteiger partial charge < -0.3 is 14.8 Å². The number of nitrogens with zero attached hydrogens (tertiary/aromatic N) is 2. The van der Waals surface area contributed by atoms with Crippen molar-refractivity contribution >= 4 is 21.7 Å². The molecule has 3 rings (SSSR count). The topological polar surface area (TPSA) is 75.4 Å². The molecular weight excluding hydrogens is 412 g/mol. The van der Waals surface area contributed by atoms with Crippen LogP contribution in [0.3, 0.4) is 0 Å². The summed E-state index contributed by atoms with van der Waals surface area (Å²) in [5, 5.41) is 20.7. The van der Waals surface area contributed by atoms with Gasteiger partial charge in [0.2, 0.25) is 5.43 Å². The maximum atomic E-state index is 13.9. The molecule has 1 unspecified atom stereocenters. The van der Waals surface area contributed by atoms with Crippen LogP contribution in [0, 0.1) is 5.82 Å². The Morgan fingerprint density at radius 2 is 1.90 bits per heavy atom. The Balaban J connectivity index is 2.05. The molecule has 0 aliphatic heterocycles. The molecule has 0 fully saturated rings. The van der Waals surface area contributed by atoms with Gasteiger partial charge in [0.25, 0.3) is 0 Å². The first-order chi connectivity index (χ1) is 13.3. The third kappa shape index (κ3) is 3.99. The predicted octanol–water partition coefficient (Wildman–Crippen LogP) is 3.96. The molecule has 0 bridgehead atoms. The van der Waals surface area contributed by atoms with E-state index >= 15 is 0 Å². The smallest absolute Gasteiger partial charge is 0.418 e. The number of benzene rings is 1. The van der Waals surface area contributed by atoms with E-state index in [0.29, 0.717) is 0 Å². The number of halogens is 4. The summed E-state index contributed by atoms with van der Waals surface area (Å²) in [4.78, 5) is 15.8. The number of hydrogen-bond donors (Lipinski definition) is 2. The molecule has 0 amide bonds. The quantitative estimate of drug-likeness (QED) is 0.601. The lowest BCUT2D eigenvalue weighted by Crippen LogP contribution is -2.52. The van der Waals surface area contributed by atoms with E-state index in [1.54, 1.807) is 0 Å². The lowest BCUT2D eigenvalue weighted by Gasteiger charge is -2.38. The maximum absolute atomic E-state index is 13.9. The van der Waals surface area contributed by atoms with Crippen LogP contribution in [-0.2, 0) is 12.0 Å². The fourth-order valence-electron chi connectivity index (χ4n) is 3.45. The van der Waals surface area contributed by atoms with Crippen LogP contribution in [0.2, 0.25) is 0 Å². The summed E-state index contributed by atoms with van der Waals surface area (Å²) >= 11 is 0.993. The minimum Gasteiger partial charge on any atom is -0.508 e. The lowest BCUT2D eigenvalue weighted by atomic mass is 9.74. The Morgan fingerprint density at radius 1 is 1.21 bits per heavy atom. The lowest BCUT2D eigenvalue weighted by molar-refractivity contribution is -0.271. The molecule has 29 heavy (non-hydrogen) atoms. The van der Waals surface area contributed by atoms with E-state index in [1.165, 1.54) is 19.4 Å². The number of aromatic hydroxyl groups is 1. The summed E-state index contributed by atoms with van der Waals surface area (Å²) in [6.07, 6.45) is -4.76. The van der Waals surface area contributed by atoms with Gasteiger partial charge in [0.05, 0.1) is 12.1 Å². The highest BCUT2D eigenvalue weighted by atomic mass is 32.1. The zero-order chi connectivity index (χ0) is 21.6. The van der Waals surface area contributed by atoms with E-state index in [4.69, 9.17) is 0 Å². The highest BCUT2D eigenvalue weighted by Gasteiger charge is 2.56. The molecule has 0 radical (unpaired) electrons.